The number of carbonyl (C=O) groups is 2. The zero-order valence-corrected chi connectivity index (χ0v) is 14.8. The second-order valence-electron chi connectivity index (χ2n) is 5.70. The standard InChI is InChI=1S/C18H28N2O4/c1-4-5-13-24-18(22)15-7-9-16(10-8-15)19-17(21)14-20(2)11-6-12-23-3/h7-10H,4-6,11-14H2,1-3H3,(H,19,21). The Hall–Kier alpha value is -1.92. The molecule has 0 aliphatic heterocycles. The highest BCUT2D eigenvalue weighted by molar-refractivity contribution is 5.93. The summed E-state index contributed by atoms with van der Waals surface area (Å²) in [5.74, 6) is -0.424. The molecule has 1 aromatic carbocycles. The monoisotopic (exact) mass is 336 g/mol. The maximum absolute atomic E-state index is 12.0. The SMILES string of the molecule is CCCCOC(=O)c1ccc(NC(=O)CN(C)CCCOC)cc1. The minimum absolute atomic E-state index is 0.0896. The molecule has 0 radical (unpaired) electrons. The number of nitrogens with one attached hydrogen (secondary N) is 1. The summed E-state index contributed by atoms with van der Waals surface area (Å²) in [5, 5.41) is 2.82. The number of rotatable bonds is 11. The summed E-state index contributed by atoms with van der Waals surface area (Å²) in [7, 11) is 3.56. The third kappa shape index (κ3) is 8.08. The van der Waals surface area contributed by atoms with Gasteiger partial charge in [-0.15, -0.1) is 0 Å². The molecule has 0 heterocycles. The first-order valence-electron chi connectivity index (χ1n) is 8.31. The van der Waals surface area contributed by atoms with Gasteiger partial charge < -0.3 is 14.8 Å². The van der Waals surface area contributed by atoms with Gasteiger partial charge in [0.2, 0.25) is 5.91 Å². The van der Waals surface area contributed by atoms with Gasteiger partial charge in [-0.3, -0.25) is 9.69 Å². The highest BCUT2D eigenvalue weighted by atomic mass is 16.5. The zero-order valence-electron chi connectivity index (χ0n) is 14.8. The van der Waals surface area contributed by atoms with Crippen molar-refractivity contribution in [3.8, 4) is 0 Å². The number of hydrogen-bond donors (Lipinski definition) is 1. The lowest BCUT2D eigenvalue weighted by Gasteiger charge is -2.16. The van der Waals surface area contributed by atoms with Crippen molar-refractivity contribution in [1.29, 1.82) is 0 Å². The first-order chi connectivity index (χ1) is 11.6. The number of carbonyl (C=O) groups excluding carboxylic acids is 2. The fourth-order valence-electron chi connectivity index (χ4n) is 2.09. The number of esters is 1. The van der Waals surface area contributed by atoms with Gasteiger partial charge in [0.25, 0.3) is 0 Å². The fourth-order valence-corrected chi connectivity index (χ4v) is 2.09. The molecule has 0 bridgehead atoms. The van der Waals surface area contributed by atoms with E-state index in [-0.39, 0.29) is 11.9 Å². The van der Waals surface area contributed by atoms with Crippen LogP contribution in [0.1, 0.15) is 36.5 Å². The number of nitrogens with zero attached hydrogens (tertiary/aromatic N) is 1. The van der Waals surface area contributed by atoms with E-state index < -0.39 is 0 Å². The van der Waals surface area contributed by atoms with Crippen molar-refractivity contribution in [1.82, 2.24) is 4.90 Å². The lowest BCUT2D eigenvalue weighted by molar-refractivity contribution is -0.117. The molecule has 0 aliphatic rings. The lowest BCUT2D eigenvalue weighted by atomic mass is 10.2. The van der Waals surface area contributed by atoms with E-state index in [1.165, 1.54) is 0 Å². The Kier molecular flexibility index (Phi) is 9.72. The highest BCUT2D eigenvalue weighted by Crippen LogP contribution is 2.11. The molecule has 1 aromatic rings. The van der Waals surface area contributed by atoms with E-state index in [1.54, 1.807) is 31.4 Å². The molecule has 6 nitrogen and oxygen atoms in total. The van der Waals surface area contributed by atoms with E-state index in [0.29, 0.717) is 31.0 Å². The summed E-state index contributed by atoms with van der Waals surface area (Å²) in [5.41, 5.74) is 1.15. The van der Waals surface area contributed by atoms with Gasteiger partial charge in [-0.05, 0) is 44.2 Å². The predicted octanol–water partition coefficient (Wildman–Crippen LogP) is 2.55. The molecule has 1 amide bonds. The maximum Gasteiger partial charge on any atom is 0.338 e. The second kappa shape index (κ2) is 11.6. The third-order valence-corrected chi connectivity index (χ3v) is 3.44. The summed E-state index contributed by atoms with van der Waals surface area (Å²) in [6, 6.07) is 6.73. The molecular weight excluding hydrogens is 308 g/mol. The van der Waals surface area contributed by atoms with Crippen LogP contribution in [0, 0.1) is 0 Å². The number of methoxy groups -OCH3 is 1. The Balaban J connectivity index is 2.40. The molecule has 0 fully saturated rings. The van der Waals surface area contributed by atoms with Crippen LogP contribution in [-0.2, 0) is 14.3 Å². The molecule has 6 heteroatoms. The van der Waals surface area contributed by atoms with Gasteiger partial charge in [0.1, 0.15) is 0 Å². The van der Waals surface area contributed by atoms with Crippen LogP contribution >= 0.6 is 0 Å². The molecule has 0 saturated heterocycles. The second-order valence-corrected chi connectivity index (χ2v) is 5.70. The van der Waals surface area contributed by atoms with Crippen LogP contribution in [-0.4, -0.2) is 57.2 Å². The quantitative estimate of drug-likeness (QED) is 0.497. The summed E-state index contributed by atoms with van der Waals surface area (Å²) < 4.78 is 10.1. The van der Waals surface area contributed by atoms with Gasteiger partial charge in [-0.1, -0.05) is 13.3 Å². The van der Waals surface area contributed by atoms with Crippen molar-refractivity contribution in [2.45, 2.75) is 26.2 Å². The largest absolute Gasteiger partial charge is 0.462 e. The van der Waals surface area contributed by atoms with E-state index in [4.69, 9.17) is 9.47 Å². The zero-order chi connectivity index (χ0) is 17.8. The minimum atomic E-state index is -0.334. The van der Waals surface area contributed by atoms with E-state index in [1.807, 2.05) is 18.9 Å². The molecule has 0 saturated carbocycles. The summed E-state index contributed by atoms with van der Waals surface area (Å²) in [6.45, 7) is 4.26. The predicted molar refractivity (Wildman–Crippen MR) is 94.3 cm³/mol. The Morgan fingerprint density at radius 1 is 1.12 bits per heavy atom. The molecule has 1 N–H and O–H groups in total. The number of likely N-dealkylation sites (N-methyl/N-ethyl adjacent to an activating group) is 1. The van der Waals surface area contributed by atoms with E-state index in [0.717, 1.165) is 25.8 Å². The fraction of sp³-hybridized carbons (Fsp3) is 0.556. The first kappa shape index (κ1) is 20.1. The molecule has 24 heavy (non-hydrogen) atoms. The number of hydrogen-bond acceptors (Lipinski definition) is 5. The summed E-state index contributed by atoms with van der Waals surface area (Å²) in [4.78, 5) is 25.7. The summed E-state index contributed by atoms with van der Waals surface area (Å²) in [6.07, 6.45) is 2.73. The van der Waals surface area contributed by atoms with Gasteiger partial charge in [0, 0.05) is 25.9 Å². The molecule has 1 rings (SSSR count). The molecule has 0 spiro atoms. The smallest absolute Gasteiger partial charge is 0.338 e. The Bertz CT molecular complexity index is 502. The van der Waals surface area contributed by atoms with Crippen molar-refractivity contribution < 1.29 is 19.1 Å². The third-order valence-electron chi connectivity index (χ3n) is 3.44. The number of benzene rings is 1. The van der Waals surface area contributed by atoms with Crippen LogP contribution in [0.25, 0.3) is 0 Å². The van der Waals surface area contributed by atoms with Crippen molar-refractivity contribution >= 4 is 17.6 Å². The molecule has 0 aliphatic carbocycles. The van der Waals surface area contributed by atoms with Gasteiger partial charge in [0.05, 0.1) is 18.7 Å². The van der Waals surface area contributed by atoms with Crippen molar-refractivity contribution in [2.24, 2.45) is 0 Å². The number of unbranched alkanes of at least 4 members (excludes halogenated alkanes) is 1. The minimum Gasteiger partial charge on any atom is -0.462 e. The number of anilines is 1. The Labute approximate surface area is 144 Å². The van der Waals surface area contributed by atoms with E-state index in [2.05, 4.69) is 5.32 Å². The average Bonchev–Trinajstić information content (AvgIpc) is 2.55. The van der Waals surface area contributed by atoms with Gasteiger partial charge >= 0.3 is 5.97 Å². The normalized spacial score (nSPS) is 10.7. The molecule has 134 valence electrons. The Morgan fingerprint density at radius 2 is 1.83 bits per heavy atom. The lowest BCUT2D eigenvalue weighted by Crippen LogP contribution is -2.31. The highest BCUT2D eigenvalue weighted by Gasteiger charge is 2.09. The van der Waals surface area contributed by atoms with Crippen molar-refractivity contribution in [2.75, 3.05) is 45.8 Å². The van der Waals surface area contributed by atoms with Gasteiger partial charge in [0.15, 0.2) is 0 Å². The number of amides is 1. The van der Waals surface area contributed by atoms with Crippen molar-refractivity contribution in [3.05, 3.63) is 29.8 Å². The molecule has 0 atom stereocenters. The molecule has 0 unspecified atom stereocenters. The van der Waals surface area contributed by atoms with Crippen LogP contribution in [0.5, 0.6) is 0 Å². The number of ether oxygens (including phenoxy) is 2. The van der Waals surface area contributed by atoms with Crippen LogP contribution < -0.4 is 5.32 Å². The van der Waals surface area contributed by atoms with E-state index >= 15 is 0 Å². The van der Waals surface area contributed by atoms with Crippen LogP contribution in [0.4, 0.5) is 5.69 Å². The molecule has 0 aromatic heterocycles. The van der Waals surface area contributed by atoms with Gasteiger partial charge in [-0.2, -0.15) is 0 Å². The van der Waals surface area contributed by atoms with E-state index in [9.17, 15) is 9.59 Å². The summed E-state index contributed by atoms with van der Waals surface area (Å²) >= 11 is 0. The Morgan fingerprint density at radius 3 is 2.46 bits per heavy atom. The van der Waals surface area contributed by atoms with Crippen LogP contribution in [0.15, 0.2) is 24.3 Å². The van der Waals surface area contributed by atoms with Gasteiger partial charge in [-0.25, -0.2) is 4.79 Å². The maximum atomic E-state index is 12.0. The van der Waals surface area contributed by atoms with Crippen LogP contribution in [0.3, 0.4) is 0 Å². The topological polar surface area (TPSA) is 67.9 Å². The average molecular weight is 336 g/mol. The first-order valence-corrected chi connectivity index (χ1v) is 8.31. The van der Waals surface area contributed by atoms with Crippen molar-refractivity contribution in [3.63, 3.8) is 0 Å². The molecular formula is C18H28N2O4. The van der Waals surface area contributed by atoms with Crippen LogP contribution in [0.2, 0.25) is 0 Å².